The lowest BCUT2D eigenvalue weighted by atomic mass is 9.97. The molecule has 0 unspecified atom stereocenters. The molecule has 0 spiro atoms. The minimum Gasteiger partial charge on any atom is -0.356 e. The zero-order valence-corrected chi connectivity index (χ0v) is 18.9. The second-order valence-electron chi connectivity index (χ2n) is 8.94. The Kier molecular flexibility index (Phi) is 5.26. The van der Waals surface area contributed by atoms with Gasteiger partial charge in [-0.25, -0.2) is 13.8 Å². The van der Waals surface area contributed by atoms with Crippen molar-refractivity contribution in [3.63, 3.8) is 0 Å². The second-order valence-corrected chi connectivity index (χ2v) is 8.94. The Morgan fingerprint density at radius 2 is 1.97 bits per heavy atom. The van der Waals surface area contributed by atoms with Gasteiger partial charge in [-0.2, -0.15) is 5.26 Å². The Morgan fingerprint density at radius 1 is 1.18 bits per heavy atom. The van der Waals surface area contributed by atoms with E-state index >= 15 is 0 Å². The monoisotopic (exact) mass is 445 g/mol. The highest BCUT2D eigenvalue weighted by Crippen LogP contribution is 2.36. The molecule has 1 aliphatic heterocycles. The highest BCUT2D eigenvalue weighted by atomic mass is 19.1. The first kappa shape index (κ1) is 21.4. The van der Waals surface area contributed by atoms with E-state index in [9.17, 15) is 14.0 Å². The predicted molar refractivity (Wildman–Crippen MR) is 126 cm³/mol. The van der Waals surface area contributed by atoms with Gasteiger partial charge in [0.15, 0.2) is 5.65 Å². The van der Waals surface area contributed by atoms with Crippen LogP contribution in [0.5, 0.6) is 0 Å². The van der Waals surface area contributed by atoms with Crippen LogP contribution in [-0.4, -0.2) is 47.5 Å². The molecule has 0 bridgehead atoms. The zero-order chi connectivity index (χ0) is 23.3. The molecule has 0 amide bonds. The Bertz CT molecular complexity index is 1420. The maximum absolute atomic E-state index is 14.7. The zero-order valence-electron chi connectivity index (χ0n) is 18.9. The molecule has 1 aliphatic rings. The lowest BCUT2D eigenvalue weighted by molar-refractivity contribution is 0.315. The fourth-order valence-corrected chi connectivity index (χ4v) is 4.92. The van der Waals surface area contributed by atoms with Gasteiger partial charge < -0.3 is 9.80 Å². The van der Waals surface area contributed by atoms with Crippen molar-refractivity contribution in [3.8, 4) is 6.07 Å². The molecular weight excluding hydrogens is 420 g/mol. The number of imidazole rings is 1. The Labute approximate surface area is 191 Å². The van der Waals surface area contributed by atoms with Gasteiger partial charge in [0.2, 0.25) is 0 Å². The van der Waals surface area contributed by atoms with Gasteiger partial charge in [0.1, 0.15) is 23.5 Å². The first-order chi connectivity index (χ1) is 15.9. The van der Waals surface area contributed by atoms with E-state index in [-0.39, 0.29) is 6.42 Å². The third kappa shape index (κ3) is 3.51. The summed E-state index contributed by atoms with van der Waals surface area (Å²) in [7, 11) is 4.16. The van der Waals surface area contributed by atoms with Crippen LogP contribution in [0.2, 0.25) is 0 Å². The largest absolute Gasteiger partial charge is 0.356 e. The second kappa shape index (κ2) is 8.13. The Morgan fingerprint density at radius 3 is 2.67 bits per heavy atom. The van der Waals surface area contributed by atoms with E-state index in [1.165, 1.54) is 12.1 Å². The van der Waals surface area contributed by atoms with Gasteiger partial charge in [-0.15, -0.1) is 0 Å². The molecule has 4 aromatic rings. The van der Waals surface area contributed by atoms with E-state index in [1.54, 1.807) is 0 Å². The molecule has 3 heterocycles. The van der Waals surface area contributed by atoms with Crippen molar-refractivity contribution >= 4 is 22.5 Å². The van der Waals surface area contributed by atoms with Gasteiger partial charge in [-0.05, 0) is 56.8 Å². The summed E-state index contributed by atoms with van der Waals surface area (Å²) in [4.78, 5) is 9.33. The molecule has 1 saturated heterocycles. The number of pyridine rings is 1. The summed E-state index contributed by atoms with van der Waals surface area (Å²) in [6.07, 6.45) is 1.26. The number of anilines is 1. The third-order valence-corrected chi connectivity index (χ3v) is 6.78. The average molecular weight is 446 g/mol. The number of halogens is 2. The molecule has 5 nitrogen and oxygen atoms in total. The molecule has 2 aromatic carbocycles. The fraction of sp³-hybridized carbons (Fsp3) is 0.308. The summed E-state index contributed by atoms with van der Waals surface area (Å²) < 4.78 is 30.3. The molecular formula is C26H25F2N5. The molecule has 0 N–H and O–H groups in total. The topological polar surface area (TPSA) is 47.6 Å². The van der Waals surface area contributed by atoms with Crippen LogP contribution in [0.3, 0.4) is 0 Å². The maximum Gasteiger partial charge on any atom is 0.157 e. The number of likely N-dealkylation sites (N-methyl/N-ethyl adjacent to an activating group) is 1. The lowest BCUT2D eigenvalue weighted by Crippen LogP contribution is -2.32. The summed E-state index contributed by atoms with van der Waals surface area (Å²) in [5.41, 5.74) is 4.87. The molecule has 1 fully saturated rings. The molecule has 33 heavy (non-hydrogen) atoms. The number of benzene rings is 2. The number of rotatable bonds is 4. The molecule has 1 atom stereocenters. The number of nitriles is 1. The van der Waals surface area contributed by atoms with Crippen molar-refractivity contribution in [2.45, 2.75) is 25.8 Å². The van der Waals surface area contributed by atoms with Crippen LogP contribution in [0.1, 0.15) is 28.7 Å². The van der Waals surface area contributed by atoms with Crippen LogP contribution in [0.4, 0.5) is 14.6 Å². The average Bonchev–Trinajstić information content (AvgIpc) is 3.41. The number of hydrogen-bond donors (Lipinski definition) is 0. The molecule has 0 aliphatic carbocycles. The van der Waals surface area contributed by atoms with Gasteiger partial charge in [0.25, 0.3) is 0 Å². The van der Waals surface area contributed by atoms with Crippen molar-refractivity contribution < 1.29 is 8.78 Å². The predicted octanol–water partition coefficient (Wildman–Crippen LogP) is 4.68. The first-order valence-corrected chi connectivity index (χ1v) is 11.1. The molecule has 0 radical (unpaired) electrons. The number of aromatic nitrogens is 2. The van der Waals surface area contributed by atoms with E-state index in [0.717, 1.165) is 53.6 Å². The van der Waals surface area contributed by atoms with Crippen LogP contribution in [0.25, 0.3) is 16.7 Å². The summed E-state index contributed by atoms with van der Waals surface area (Å²) in [6.45, 7) is 3.56. The van der Waals surface area contributed by atoms with Gasteiger partial charge in [-0.1, -0.05) is 18.2 Å². The van der Waals surface area contributed by atoms with Crippen molar-refractivity contribution in [1.29, 1.82) is 5.26 Å². The minimum atomic E-state index is -0.602. The van der Waals surface area contributed by atoms with Crippen molar-refractivity contribution in [1.82, 2.24) is 14.3 Å². The summed E-state index contributed by atoms with van der Waals surface area (Å²) in [5.74, 6) is -0.249. The first-order valence-electron chi connectivity index (χ1n) is 11.1. The van der Waals surface area contributed by atoms with E-state index in [4.69, 9.17) is 4.98 Å². The number of para-hydroxylation sites is 2. The van der Waals surface area contributed by atoms with Crippen LogP contribution in [0, 0.1) is 29.9 Å². The lowest BCUT2D eigenvalue weighted by Gasteiger charge is -2.27. The van der Waals surface area contributed by atoms with Crippen LogP contribution in [-0.2, 0) is 6.42 Å². The quantitative estimate of drug-likeness (QED) is 0.458. The number of fused-ring (bicyclic) bond motifs is 3. The fourth-order valence-electron chi connectivity index (χ4n) is 4.92. The molecule has 168 valence electrons. The van der Waals surface area contributed by atoms with Crippen LogP contribution < -0.4 is 4.90 Å². The molecule has 2 aromatic heterocycles. The van der Waals surface area contributed by atoms with Crippen molar-refractivity contribution in [2.24, 2.45) is 0 Å². The highest BCUT2D eigenvalue weighted by molar-refractivity contribution is 5.86. The standard InChI is InChI=1S/C26H25F2N5/c1-16-20(12-17-8-9-18(27)13-22(17)28)26(32-11-10-19(15-32)31(2)3)33-24-7-5-4-6-23(24)30-25(33)21(16)14-29/h4-9,13,19H,10-12,15H2,1-3H3/t19-/m0/s1. The maximum atomic E-state index is 14.7. The van der Waals surface area contributed by atoms with E-state index in [0.29, 0.717) is 22.8 Å². The van der Waals surface area contributed by atoms with Crippen molar-refractivity contribution in [2.75, 3.05) is 32.1 Å². The summed E-state index contributed by atoms with van der Waals surface area (Å²) in [6, 6.07) is 14.2. The van der Waals surface area contributed by atoms with Gasteiger partial charge in [-0.3, -0.25) is 4.40 Å². The summed E-state index contributed by atoms with van der Waals surface area (Å²) >= 11 is 0. The Balaban J connectivity index is 1.81. The number of hydrogen-bond acceptors (Lipinski definition) is 4. The summed E-state index contributed by atoms with van der Waals surface area (Å²) in [5, 5.41) is 10.0. The SMILES string of the molecule is Cc1c(Cc2ccc(F)cc2F)c(N2CC[C@H](N(C)C)C2)n2c(nc3ccccc32)c1C#N. The van der Waals surface area contributed by atoms with Crippen molar-refractivity contribution in [3.05, 3.63) is 76.4 Å². The normalized spacial score (nSPS) is 16.3. The smallest absolute Gasteiger partial charge is 0.157 e. The highest BCUT2D eigenvalue weighted by Gasteiger charge is 2.30. The van der Waals surface area contributed by atoms with Gasteiger partial charge in [0, 0.05) is 37.2 Å². The van der Waals surface area contributed by atoms with E-state index < -0.39 is 11.6 Å². The number of nitrogens with zero attached hydrogens (tertiary/aromatic N) is 5. The minimum absolute atomic E-state index is 0.257. The van der Waals surface area contributed by atoms with Crippen LogP contribution >= 0.6 is 0 Å². The molecule has 5 rings (SSSR count). The third-order valence-electron chi connectivity index (χ3n) is 6.78. The Hall–Kier alpha value is -3.50. The molecule has 7 heteroatoms. The molecule has 0 saturated carbocycles. The van der Waals surface area contributed by atoms with E-state index in [2.05, 4.69) is 34.4 Å². The van der Waals surface area contributed by atoms with Crippen LogP contribution in [0.15, 0.2) is 42.5 Å². The van der Waals surface area contributed by atoms with E-state index in [1.807, 2.05) is 31.2 Å². The van der Waals surface area contributed by atoms with Gasteiger partial charge >= 0.3 is 0 Å². The van der Waals surface area contributed by atoms with Gasteiger partial charge in [0.05, 0.1) is 16.6 Å².